The van der Waals surface area contributed by atoms with Crippen LogP contribution in [0.5, 0.6) is 5.75 Å². The van der Waals surface area contributed by atoms with Crippen molar-refractivity contribution in [1.29, 1.82) is 0 Å². The quantitative estimate of drug-likeness (QED) is 0.803. The van der Waals surface area contributed by atoms with Crippen molar-refractivity contribution < 1.29 is 13.2 Å². The lowest BCUT2D eigenvalue weighted by atomic mass is 10.2. The Hall–Kier alpha value is -0.780. The molecule has 1 unspecified atom stereocenters. The zero-order valence-corrected chi connectivity index (χ0v) is 12.7. The maximum atomic E-state index is 12.6. The van der Waals surface area contributed by atoms with Gasteiger partial charge in [-0.05, 0) is 30.0 Å². The molecule has 0 aromatic heterocycles. The first-order valence-corrected chi connectivity index (χ1v) is 8.19. The van der Waals surface area contributed by atoms with Gasteiger partial charge in [0.1, 0.15) is 10.6 Å². The fourth-order valence-corrected chi connectivity index (χ4v) is 4.14. The van der Waals surface area contributed by atoms with Crippen molar-refractivity contribution in [1.82, 2.24) is 4.31 Å². The van der Waals surface area contributed by atoms with E-state index in [1.807, 2.05) is 0 Å². The number of benzene rings is 1. The Bertz CT molecular complexity index is 559. The molecule has 1 aromatic rings. The van der Waals surface area contributed by atoms with Crippen molar-refractivity contribution in [3.05, 3.63) is 23.8 Å². The molecular formula is C13H18ClNO3S. The lowest BCUT2D eigenvalue weighted by Gasteiger charge is -2.18. The predicted molar refractivity (Wildman–Crippen MR) is 75.1 cm³/mol. The summed E-state index contributed by atoms with van der Waals surface area (Å²) in [7, 11) is -2.00. The summed E-state index contributed by atoms with van der Waals surface area (Å²) in [6, 6.07) is 4.98. The summed E-state index contributed by atoms with van der Waals surface area (Å²) in [4.78, 5) is 0.220. The lowest BCUT2D eigenvalue weighted by Crippen LogP contribution is -2.29. The van der Waals surface area contributed by atoms with Gasteiger partial charge in [0.2, 0.25) is 10.0 Å². The van der Waals surface area contributed by atoms with E-state index in [-0.39, 0.29) is 4.90 Å². The van der Waals surface area contributed by atoms with Crippen LogP contribution in [0.15, 0.2) is 23.1 Å². The lowest BCUT2D eigenvalue weighted by molar-refractivity contribution is 0.397. The third-order valence-corrected chi connectivity index (χ3v) is 5.60. The van der Waals surface area contributed by atoms with Crippen molar-refractivity contribution in [2.24, 2.45) is 5.92 Å². The minimum absolute atomic E-state index is 0.220. The second-order valence-corrected chi connectivity index (χ2v) is 7.05. The van der Waals surface area contributed by atoms with Crippen LogP contribution in [-0.4, -0.2) is 32.9 Å². The van der Waals surface area contributed by atoms with Gasteiger partial charge in [-0.2, -0.15) is 4.31 Å². The highest BCUT2D eigenvalue weighted by Crippen LogP contribution is 2.31. The molecule has 1 fully saturated rings. The van der Waals surface area contributed by atoms with Gasteiger partial charge in [0.05, 0.1) is 7.11 Å². The molecule has 1 aliphatic heterocycles. The highest BCUT2D eigenvalue weighted by atomic mass is 35.5. The maximum absolute atomic E-state index is 12.6. The summed E-state index contributed by atoms with van der Waals surface area (Å²) in [6.45, 7) is 3.20. The van der Waals surface area contributed by atoms with E-state index >= 15 is 0 Å². The van der Waals surface area contributed by atoms with Crippen LogP contribution >= 0.6 is 11.6 Å². The van der Waals surface area contributed by atoms with Gasteiger partial charge < -0.3 is 4.74 Å². The number of sulfonamides is 1. The van der Waals surface area contributed by atoms with E-state index in [0.717, 1.165) is 12.0 Å². The Morgan fingerprint density at radius 2 is 2.21 bits per heavy atom. The van der Waals surface area contributed by atoms with Crippen LogP contribution in [0.3, 0.4) is 0 Å². The number of methoxy groups -OCH3 is 1. The average Bonchev–Trinajstić information content (AvgIpc) is 2.85. The maximum Gasteiger partial charge on any atom is 0.246 e. The summed E-state index contributed by atoms with van der Waals surface area (Å²) in [5.41, 5.74) is 0.840. The Labute approximate surface area is 119 Å². The second kappa shape index (κ2) is 5.69. The van der Waals surface area contributed by atoms with Crippen molar-refractivity contribution in [2.75, 3.05) is 20.2 Å². The zero-order chi connectivity index (χ0) is 14.0. The standard InChI is InChI=1S/C13H18ClNO3S/c1-10-5-6-15(9-10)19(16,17)13-4-3-11(8-14)7-12(13)18-2/h3-4,7,10H,5-6,8-9H2,1-2H3. The summed E-state index contributed by atoms with van der Waals surface area (Å²) < 4.78 is 31.9. The number of nitrogens with zero attached hydrogens (tertiary/aromatic N) is 1. The number of rotatable bonds is 4. The van der Waals surface area contributed by atoms with Crippen LogP contribution in [0.4, 0.5) is 0 Å². The normalized spacial score (nSPS) is 20.7. The zero-order valence-electron chi connectivity index (χ0n) is 11.1. The van der Waals surface area contributed by atoms with Gasteiger partial charge in [-0.1, -0.05) is 13.0 Å². The van der Waals surface area contributed by atoms with E-state index in [1.54, 1.807) is 18.2 Å². The molecular weight excluding hydrogens is 286 g/mol. The molecule has 106 valence electrons. The minimum Gasteiger partial charge on any atom is -0.495 e. The molecule has 0 spiro atoms. The average molecular weight is 304 g/mol. The van der Waals surface area contributed by atoms with Gasteiger partial charge in [-0.3, -0.25) is 0 Å². The van der Waals surface area contributed by atoms with Crippen LogP contribution in [0.25, 0.3) is 0 Å². The van der Waals surface area contributed by atoms with Crippen LogP contribution in [0.1, 0.15) is 18.9 Å². The van der Waals surface area contributed by atoms with Crippen molar-refractivity contribution in [2.45, 2.75) is 24.1 Å². The highest BCUT2D eigenvalue weighted by Gasteiger charge is 2.32. The molecule has 0 bridgehead atoms. The number of hydrogen-bond acceptors (Lipinski definition) is 3. The molecule has 0 aliphatic carbocycles. The largest absolute Gasteiger partial charge is 0.495 e. The first kappa shape index (κ1) is 14.6. The smallest absolute Gasteiger partial charge is 0.246 e. The van der Waals surface area contributed by atoms with Gasteiger partial charge in [0.25, 0.3) is 0 Å². The van der Waals surface area contributed by atoms with Gasteiger partial charge in [0.15, 0.2) is 0 Å². The summed E-state index contributed by atoms with van der Waals surface area (Å²) >= 11 is 5.75. The third-order valence-electron chi connectivity index (χ3n) is 3.39. The molecule has 1 aliphatic rings. The number of halogens is 1. The molecule has 0 N–H and O–H groups in total. The molecule has 0 saturated carbocycles. The predicted octanol–water partition coefficient (Wildman–Crippen LogP) is 2.46. The molecule has 1 saturated heterocycles. The van der Waals surface area contributed by atoms with Gasteiger partial charge in [-0.25, -0.2) is 8.42 Å². The van der Waals surface area contributed by atoms with Gasteiger partial charge >= 0.3 is 0 Å². The summed E-state index contributed by atoms with van der Waals surface area (Å²) in [6.07, 6.45) is 0.904. The highest BCUT2D eigenvalue weighted by molar-refractivity contribution is 7.89. The van der Waals surface area contributed by atoms with Gasteiger partial charge in [0, 0.05) is 19.0 Å². The SMILES string of the molecule is COc1cc(CCl)ccc1S(=O)(=O)N1CCC(C)C1. The molecule has 6 heteroatoms. The summed E-state index contributed by atoms with van der Waals surface area (Å²) in [5, 5.41) is 0. The van der Waals surface area contributed by atoms with Crippen LogP contribution in [0, 0.1) is 5.92 Å². The molecule has 1 atom stereocenters. The van der Waals surface area contributed by atoms with Crippen molar-refractivity contribution >= 4 is 21.6 Å². The molecule has 4 nitrogen and oxygen atoms in total. The summed E-state index contributed by atoms with van der Waals surface area (Å²) in [5.74, 6) is 1.10. The molecule has 0 radical (unpaired) electrons. The molecule has 1 aromatic carbocycles. The van der Waals surface area contributed by atoms with E-state index in [9.17, 15) is 8.42 Å². The van der Waals surface area contributed by atoms with Crippen molar-refractivity contribution in [3.8, 4) is 5.75 Å². The number of hydrogen-bond donors (Lipinski definition) is 0. The van der Waals surface area contributed by atoms with Crippen LogP contribution < -0.4 is 4.74 Å². The fourth-order valence-electron chi connectivity index (χ4n) is 2.26. The molecule has 19 heavy (non-hydrogen) atoms. The van der Waals surface area contributed by atoms with Crippen LogP contribution in [0.2, 0.25) is 0 Å². The number of alkyl halides is 1. The van der Waals surface area contributed by atoms with Crippen LogP contribution in [-0.2, 0) is 15.9 Å². The monoisotopic (exact) mass is 303 g/mol. The first-order valence-electron chi connectivity index (χ1n) is 6.22. The van der Waals surface area contributed by atoms with E-state index < -0.39 is 10.0 Å². The Morgan fingerprint density at radius 3 is 2.74 bits per heavy atom. The van der Waals surface area contributed by atoms with E-state index in [4.69, 9.17) is 16.3 Å². The molecule has 2 rings (SSSR count). The van der Waals surface area contributed by atoms with Gasteiger partial charge in [-0.15, -0.1) is 11.6 Å². The topological polar surface area (TPSA) is 46.6 Å². The molecule has 1 heterocycles. The van der Waals surface area contributed by atoms with E-state index in [0.29, 0.717) is 30.6 Å². The Balaban J connectivity index is 2.40. The first-order chi connectivity index (χ1) is 8.98. The second-order valence-electron chi connectivity index (χ2n) is 4.88. The van der Waals surface area contributed by atoms with Crippen molar-refractivity contribution in [3.63, 3.8) is 0 Å². The van der Waals surface area contributed by atoms with E-state index in [1.165, 1.54) is 11.4 Å². The Morgan fingerprint density at radius 1 is 1.47 bits per heavy atom. The van der Waals surface area contributed by atoms with E-state index in [2.05, 4.69) is 6.92 Å². The fraction of sp³-hybridized carbons (Fsp3) is 0.538. The molecule has 0 amide bonds. The third kappa shape index (κ3) is 2.88. The Kier molecular flexibility index (Phi) is 4.38. The number of ether oxygens (including phenoxy) is 1. The minimum atomic E-state index is -3.47.